The standard InChI is InChI=1S/C14H19NO2/c1-3-4-5-11-17-14-12(9-10-15)7-6-8-13(14)16-2/h1,6-8H,4-5,9-11,15H2,2H3. The number of para-hydroxylation sites is 1. The van der Waals surface area contributed by atoms with Gasteiger partial charge in [0.2, 0.25) is 0 Å². The zero-order chi connectivity index (χ0) is 12.5. The lowest BCUT2D eigenvalue weighted by molar-refractivity contribution is 0.288. The number of benzene rings is 1. The van der Waals surface area contributed by atoms with Gasteiger partial charge in [-0.15, -0.1) is 12.3 Å². The molecule has 0 radical (unpaired) electrons. The van der Waals surface area contributed by atoms with Crippen molar-refractivity contribution in [2.45, 2.75) is 19.3 Å². The second-order valence-electron chi connectivity index (χ2n) is 3.64. The Morgan fingerprint density at radius 3 is 2.88 bits per heavy atom. The van der Waals surface area contributed by atoms with Crippen molar-refractivity contribution in [1.82, 2.24) is 0 Å². The number of ether oxygens (including phenoxy) is 2. The molecule has 0 atom stereocenters. The number of terminal acetylenes is 1. The Morgan fingerprint density at radius 2 is 2.24 bits per heavy atom. The van der Waals surface area contributed by atoms with E-state index in [1.54, 1.807) is 7.11 Å². The second kappa shape index (κ2) is 7.59. The molecule has 0 spiro atoms. The number of methoxy groups -OCH3 is 1. The second-order valence-corrected chi connectivity index (χ2v) is 3.64. The largest absolute Gasteiger partial charge is 0.493 e. The molecule has 0 aliphatic rings. The molecule has 0 unspecified atom stereocenters. The predicted octanol–water partition coefficient (Wildman–Crippen LogP) is 1.99. The average molecular weight is 233 g/mol. The molecule has 92 valence electrons. The summed E-state index contributed by atoms with van der Waals surface area (Å²) in [7, 11) is 1.63. The van der Waals surface area contributed by atoms with Crippen LogP contribution in [0.3, 0.4) is 0 Å². The summed E-state index contributed by atoms with van der Waals surface area (Å²) in [4.78, 5) is 0. The van der Waals surface area contributed by atoms with Gasteiger partial charge in [0.25, 0.3) is 0 Å². The van der Waals surface area contributed by atoms with Gasteiger partial charge in [0, 0.05) is 6.42 Å². The highest BCUT2D eigenvalue weighted by atomic mass is 16.5. The fourth-order valence-electron chi connectivity index (χ4n) is 1.59. The van der Waals surface area contributed by atoms with Crippen molar-refractivity contribution in [3.8, 4) is 23.8 Å². The fraction of sp³-hybridized carbons (Fsp3) is 0.429. The topological polar surface area (TPSA) is 44.5 Å². The minimum atomic E-state index is 0.591. The molecule has 1 aromatic carbocycles. The van der Waals surface area contributed by atoms with Gasteiger partial charge in [-0.2, -0.15) is 0 Å². The van der Waals surface area contributed by atoms with Crippen LogP contribution >= 0.6 is 0 Å². The van der Waals surface area contributed by atoms with Crippen molar-refractivity contribution in [3.05, 3.63) is 23.8 Å². The van der Waals surface area contributed by atoms with E-state index in [0.29, 0.717) is 13.2 Å². The summed E-state index contributed by atoms with van der Waals surface area (Å²) in [6.45, 7) is 1.19. The van der Waals surface area contributed by atoms with Gasteiger partial charge < -0.3 is 15.2 Å². The molecule has 0 aliphatic carbocycles. The molecule has 3 nitrogen and oxygen atoms in total. The van der Waals surface area contributed by atoms with E-state index < -0.39 is 0 Å². The Hall–Kier alpha value is -1.66. The Morgan fingerprint density at radius 1 is 1.41 bits per heavy atom. The van der Waals surface area contributed by atoms with Crippen LogP contribution in [0.1, 0.15) is 18.4 Å². The van der Waals surface area contributed by atoms with Crippen molar-refractivity contribution in [3.63, 3.8) is 0 Å². The Bertz CT molecular complexity index is 382. The summed E-state index contributed by atoms with van der Waals surface area (Å²) in [5.41, 5.74) is 6.65. The lowest BCUT2D eigenvalue weighted by Crippen LogP contribution is -2.07. The van der Waals surface area contributed by atoms with E-state index in [4.69, 9.17) is 21.6 Å². The van der Waals surface area contributed by atoms with Gasteiger partial charge >= 0.3 is 0 Å². The van der Waals surface area contributed by atoms with E-state index in [1.165, 1.54) is 0 Å². The molecule has 1 rings (SSSR count). The number of unbranched alkanes of at least 4 members (excludes halogenated alkanes) is 1. The van der Waals surface area contributed by atoms with Crippen LogP contribution in [0.5, 0.6) is 11.5 Å². The third-order valence-electron chi connectivity index (χ3n) is 2.41. The Kier molecular flexibility index (Phi) is 5.98. The van der Waals surface area contributed by atoms with E-state index in [0.717, 1.165) is 36.3 Å². The lowest BCUT2D eigenvalue weighted by atomic mass is 10.1. The SMILES string of the molecule is C#CCCCOc1c(CCN)cccc1OC. The van der Waals surface area contributed by atoms with Crippen molar-refractivity contribution in [2.24, 2.45) is 5.73 Å². The minimum absolute atomic E-state index is 0.591. The van der Waals surface area contributed by atoms with Crippen LogP contribution in [-0.4, -0.2) is 20.3 Å². The molecule has 17 heavy (non-hydrogen) atoms. The lowest BCUT2D eigenvalue weighted by Gasteiger charge is -2.14. The third kappa shape index (κ3) is 4.01. The Labute approximate surface area is 103 Å². The van der Waals surface area contributed by atoms with Gasteiger partial charge in [0.15, 0.2) is 11.5 Å². The zero-order valence-corrected chi connectivity index (χ0v) is 10.2. The Balaban J connectivity index is 2.74. The highest BCUT2D eigenvalue weighted by Crippen LogP contribution is 2.31. The minimum Gasteiger partial charge on any atom is -0.493 e. The van der Waals surface area contributed by atoms with Gasteiger partial charge in [-0.25, -0.2) is 0 Å². The number of nitrogens with two attached hydrogens (primary N) is 1. The van der Waals surface area contributed by atoms with E-state index in [2.05, 4.69) is 5.92 Å². The summed E-state index contributed by atoms with van der Waals surface area (Å²) >= 11 is 0. The molecule has 0 bridgehead atoms. The third-order valence-corrected chi connectivity index (χ3v) is 2.41. The molecule has 2 N–H and O–H groups in total. The molecule has 0 aromatic heterocycles. The van der Waals surface area contributed by atoms with Crippen molar-refractivity contribution in [2.75, 3.05) is 20.3 Å². The van der Waals surface area contributed by atoms with Crippen LogP contribution in [0.25, 0.3) is 0 Å². The van der Waals surface area contributed by atoms with Crippen LogP contribution in [0.4, 0.5) is 0 Å². The number of hydrogen-bond acceptors (Lipinski definition) is 3. The molecular weight excluding hydrogens is 214 g/mol. The van der Waals surface area contributed by atoms with Crippen LogP contribution in [-0.2, 0) is 6.42 Å². The first-order chi connectivity index (χ1) is 8.33. The molecule has 0 fully saturated rings. The average Bonchev–Trinajstić information content (AvgIpc) is 2.36. The van der Waals surface area contributed by atoms with Crippen molar-refractivity contribution in [1.29, 1.82) is 0 Å². The van der Waals surface area contributed by atoms with Crippen molar-refractivity contribution < 1.29 is 9.47 Å². The monoisotopic (exact) mass is 233 g/mol. The summed E-state index contributed by atoms with van der Waals surface area (Å²) in [5.74, 6) is 4.13. The maximum absolute atomic E-state index is 5.74. The van der Waals surface area contributed by atoms with Gasteiger partial charge in [0.05, 0.1) is 13.7 Å². The number of hydrogen-bond donors (Lipinski definition) is 1. The van der Waals surface area contributed by atoms with E-state index in [9.17, 15) is 0 Å². The fourth-order valence-corrected chi connectivity index (χ4v) is 1.59. The first kappa shape index (κ1) is 13.4. The van der Waals surface area contributed by atoms with E-state index in [1.807, 2.05) is 18.2 Å². The van der Waals surface area contributed by atoms with Gasteiger partial charge in [-0.05, 0) is 31.0 Å². The van der Waals surface area contributed by atoms with Gasteiger partial charge in [0.1, 0.15) is 0 Å². The van der Waals surface area contributed by atoms with E-state index >= 15 is 0 Å². The van der Waals surface area contributed by atoms with Crippen LogP contribution in [0, 0.1) is 12.3 Å². The molecule has 3 heteroatoms. The van der Waals surface area contributed by atoms with Crippen LogP contribution < -0.4 is 15.2 Å². The smallest absolute Gasteiger partial charge is 0.164 e. The summed E-state index contributed by atoms with van der Waals surface area (Å²) in [6.07, 6.45) is 7.54. The first-order valence-corrected chi connectivity index (χ1v) is 5.75. The predicted molar refractivity (Wildman–Crippen MR) is 69.3 cm³/mol. The molecule has 1 aromatic rings. The molecule has 0 saturated carbocycles. The maximum atomic E-state index is 5.74. The molecule has 0 heterocycles. The normalized spacial score (nSPS) is 9.71. The molecule has 0 amide bonds. The first-order valence-electron chi connectivity index (χ1n) is 5.75. The summed E-state index contributed by atoms with van der Waals surface area (Å²) in [6, 6.07) is 5.83. The highest BCUT2D eigenvalue weighted by Gasteiger charge is 2.09. The van der Waals surface area contributed by atoms with Crippen LogP contribution in [0.15, 0.2) is 18.2 Å². The summed E-state index contributed by atoms with van der Waals surface area (Å²) < 4.78 is 11.0. The highest BCUT2D eigenvalue weighted by molar-refractivity contribution is 5.46. The molecular formula is C14H19NO2. The van der Waals surface area contributed by atoms with Crippen molar-refractivity contribution >= 4 is 0 Å². The summed E-state index contributed by atoms with van der Waals surface area (Å²) in [5, 5.41) is 0. The van der Waals surface area contributed by atoms with Gasteiger partial charge in [-0.3, -0.25) is 0 Å². The zero-order valence-electron chi connectivity index (χ0n) is 10.2. The maximum Gasteiger partial charge on any atom is 0.164 e. The van der Waals surface area contributed by atoms with E-state index in [-0.39, 0.29) is 0 Å². The van der Waals surface area contributed by atoms with Gasteiger partial charge in [-0.1, -0.05) is 12.1 Å². The molecule has 0 saturated heterocycles. The quantitative estimate of drug-likeness (QED) is 0.578. The number of rotatable bonds is 7. The van der Waals surface area contributed by atoms with Crippen LogP contribution in [0.2, 0.25) is 0 Å². The molecule has 0 aliphatic heterocycles.